The highest BCUT2D eigenvalue weighted by Gasteiger charge is 2.31. The lowest BCUT2D eigenvalue weighted by Gasteiger charge is -2.36. The summed E-state index contributed by atoms with van der Waals surface area (Å²) in [6.45, 7) is 10.2. The minimum absolute atomic E-state index is 0.0664. The Morgan fingerprint density at radius 1 is 0.884 bits per heavy atom. The number of fused-ring (bicyclic) bond motifs is 2. The van der Waals surface area contributed by atoms with Crippen LogP contribution in [-0.2, 0) is 11.8 Å². The van der Waals surface area contributed by atoms with Gasteiger partial charge < -0.3 is 19.4 Å². The van der Waals surface area contributed by atoms with Crippen LogP contribution in [0, 0.1) is 13.8 Å². The molecule has 12 nitrogen and oxygen atoms in total. The summed E-state index contributed by atoms with van der Waals surface area (Å²) >= 11 is 0. The van der Waals surface area contributed by atoms with Gasteiger partial charge in [0, 0.05) is 57.3 Å². The number of morpholine rings is 1. The lowest BCUT2D eigenvalue weighted by Crippen LogP contribution is -2.40. The van der Waals surface area contributed by atoms with Crippen molar-refractivity contribution in [3.05, 3.63) is 47.3 Å². The van der Waals surface area contributed by atoms with Crippen LogP contribution >= 0.6 is 0 Å². The SMILES string of the molecule is Cc1nnn(C)c1-c1nc(N2CCCCC2c2cc3nc(N4CCC4)cc(N4CCOCC4)n3n2)c2c(C)cccc2n1. The molecule has 5 aromatic rings. The van der Waals surface area contributed by atoms with Crippen molar-refractivity contribution in [2.75, 3.05) is 60.6 Å². The van der Waals surface area contributed by atoms with E-state index in [1.165, 1.54) is 6.42 Å². The molecule has 0 radical (unpaired) electrons. The highest BCUT2D eigenvalue weighted by molar-refractivity contribution is 5.94. The molecule has 222 valence electrons. The van der Waals surface area contributed by atoms with Crippen LogP contribution in [-0.4, -0.2) is 85.5 Å². The molecule has 43 heavy (non-hydrogen) atoms. The normalized spacial score (nSPS) is 19.4. The van der Waals surface area contributed by atoms with Gasteiger partial charge in [-0.1, -0.05) is 17.3 Å². The Morgan fingerprint density at radius 2 is 1.74 bits per heavy atom. The maximum Gasteiger partial charge on any atom is 0.182 e. The van der Waals surface area contributed by atoms with Crippen LogP contribution in [0.2, 0.25) is 0 Å². The van der Waals surface area contributed by atoms with Gasteiger partial charge in [0.2, 0.25) is 0 Å². The highest BCUT2D eigenvalue weighted by Crippen LogP contribution is 2.39. The number of rotatable bonds is 5. The molecule has 0 amide bonds. The van der Waals surface area contributed by atoms with Crippen LogP contribution in [0.15, 0.2) is 30.3 Å². The number of piperidine rings is 1. The molecule has 0 spiro atoms. The van der Waals surface area contributed by atoms with Crippen LogP contribution in [0.5, 0.6) is 0 Å². The summed E-state index contributed by atoms with van der Waals surface area (Å²) in [5.41, 5.74) is 5.67. The topological polar surface area (TPSA) is 106 Å². The van der Waals surface area contributed by atoms with Crippen molar-refractivity contribution in [3.63, 3.8) is 0 Å². The van der Waals surface area contributed by atoms with Gasteiger partial charge >= 0.3 is 0 Å². The molecule has 1 atom stereocenters. The van der Waals surface area contributed by atoms with Gasteiger partial charge in [-0.05, 0) is 51.2 Å². The number of hydrogen-bond donors (Lipinski definition) is 0. The highest BCUT2D eigenvalue weighted by atomic mass is 16.5. The van der Waals surface area contributed by atoms with E-state index in [1.807, 2.05) is 14.0 Å². The first kappa shape index (κ1) is 26.3. The third-order valence-corrected chi connectivity index (χ3v) is 9.16. The largest absolute Gasteiger partial charge is 0.378 e. The van der Waals surface area contributed by atoms with E-state index >= 15 is 0 Å². The second-order valence-electron chi connectivity index (χ2n) is 11.9. The van der Waals surface area contributed by atoms with Gasteiger partial charge in [-0.2, -0.15) is 9.61 Å². The lowest BCUT2D eigenvalue weighted by molar-refractivity contribution is 0.122. The van der Waals surface area contributed by atoms with Crippen LogP contribution in [0.25, 0.3) is 28.1 Å². The van der Waals surface area contributed by atoms with Crippen molar-refractivity contribution in [1.82, 2.24) is 39.6 Å². The Balaban J connectivity index is 1.27. The molecule has 4 aromatic heterocycles. The fraction of sp³-hybridized carbons (Fsp3) is 0.484. The molecule has 7 heterocycles. The van der Waals surface area contributed by atoms with Crippen LogP contribution in [0.4, 0.5) is 17.5 Å². The summed E-state index contributed by atoms with van der Waals surface area (Å²) in [5.74, 6) is 3.72. The molecule has 1 unspecified atom stereocenters. The van der Waals surface area contributed by atoms with E-state index in [0.29, 0.717) is 5.82 Å². The van der Waals surface area contributed by atoms with Crippen molar-refractivity contribution in [2.24, 2.45) is 7.05 Å². The number of benzene rings is 1. The first-order valence-electron chi connectivity index (χ1n) is 15.4. The first-order valence-corrected chi connectivity index (χ1v) is 15.4. The number of ether oxygens (including phenoxy) is 1. The average molecular weight is 580 g/mol. The second kappa shape index (κ2) is 10.4. The van der Waals surface area contributed by atoms with Gasteiger partial charge in [0.25, 0.3) is 0 Å². The Kier molecular flexibility index (Phi) is 6.39. The van der Waals surface area contributed by atoms with Crippen molar-refractivity contribution in [3.8, 4) is 11.5 Å². The third kappa shape index (κ3) is 4.46. The van der Waals surface area contributed by atoms with Gasteiger partial charge in [-0.25, -0.2) is 19.6 Å². The molecular weight excluding hydrogens is 542 g/mol. The predicted molar refractivity (Wildman–Crippen MR) is 166 cm³/mol. The molecule has 0 N–H and O–H groups in total. The summed E-state index contributed by atoms with van der Waals surface area (Å²) in [4.78, 5) is 22.6. The number of nitrogens with zero attached hydrogens (tertiary/aromatic N) is 11. The maximum absolute atomic E-state index is 5.68. The van der Waals surface area contributed by atoms with E-state index in [1.54, 1.807) is 4.68 Å². The second-order valence-corrected chi connectivity index (χ2v) is 11.9. The minimum atomic E-state index is 0.0664. The monoisotopic (exact) mass is 579 g/mol. The van der Waals surface area contributed by atoms with Crippen molar-refractivity contribution in [1.29, 1.82) is 0 Å². The van der Waals surface area contributed by atoms with Gasteiger partial charge in [0.1, 0.15) is 23.1 Å². The minimum Gasteiger partial charge on any atom is -0.378 e. The fourth-order valence-electron chi connectivity index (χ4n) is 6.76. The Labute approximate surface area is 250 Å². The zero-order valence-electron chi connectivity index (χ0n) is 25.1. The molecule has 0 aliphatic carbocycles. The Bertz CT molecular complexity index is 1800. The lowest BCUT2D eigenvalue weighted by atomic mass is 9.98. The van der Waals surface area contributed by atoms with E-state index in [4.69, 9.17) is 24.8 Å². The van der Waals surface area contributed by atoms with Crippen LogP contribution in [0.1, 0.15) is 48.7 Å². The molecule has 0 saturated carbocycles. The Morgan fingerprint density at radius 3 is 2.51 bits per heavy atom. The molecule has 3 aliphatic rings. The van der Waals surface area contributed by atoms with Gasteiger partial charge in [0.05, 0.1) is 36.2 Å². The smallest absolute Gasteiger partial charge is 0.182 e. The van der Waals surface area contributed by atoms with Crippen molar-refractivity contribution in [2.45, 2.75) is 45.6 Å². The fourth-order valence-corrected chi connectivity index (χ4v) is 6.76. The molecule has 12 heteroatoms. The number of anilines is 3. The van der Waals surface area contributed by atoms with Crippen LogP contribution in [0.3, 0.4) is 0 Å². The van der Waals surface area contributed by atoms with Crippen molar-refractivity contribution >= 4 is 34.0 Å². The number of aromatic nitrogens is 8. The zero-order chi connectivity index (χ0) is 29.1. The summed E-state index contributed by atoms with van der Waals surface area (Å²) in [5, 5.41) is 14.9. The molecule has 3 saturated heterocycles. The standard InChI is InChI=1S/C31H37N11O/c1-20-8-6-9-22-28(20)31(34-30(32-22)29-21(2)35-37-38(29)3)41-13-5-4-10-24(41)23-18-26-33-25(39-11-7-12-39)19-27(42(26)36-23)40-14-16-43-17-15-40/h6,8-9,18-19,24H,4-5,7,10-17H2,1-3H3. The average Bonchev–Trinajstić information content (AvgIpc) is 3.58. The quantitative estimate of drug-likeness (QED) is 0.305. The molecule has 3 aliphatic heterocycles. The first-order chi connectivity index (χ1) is 21.0. The van der Waals surface area contributed by atoms with E-state index in [9.17, 15) is 0 Å². The summed E-state index contributed by atoms with van der Waals surface area (Å²) in [6.07, 6.45) is 4.44. The van der Waals surface area contributed by atoms with E-state index in [2.05, 4.69) is 66.8 Å². The molecule has 3 fully saturated rings. The summed E-state index contributed by atoms with van der Waals surface area (Å²) < 4.78 is 9.49. The summed E-state index contributed by atoms with van der Waals surface area (Å²) in [7, 11) is 1.90. The predicted octanol–water partition coefficient (Wildman–Crippen LogP) is 3.86. The van der Waals surface area contributed by atoms with E-state index in [0.717, 1.165) is 122 Å². The molecular formula is C31H37N11O. The Hall–Kier alpha value is -4.32. The summed E-state index contributed by atoms with van der Waals surface area (Å²) in [6, 6.07) is 10.8. The number of aryl methyl sites for hydroxylation is 3. The van der Waals surface area contributed by atoms with E-state index in [-0.39, 0.29) is 6.04 Å². The molecule has 0 bridgehead atoms. The maximum atomic E-state index is 5.68. The van der Waals surface area contributed by atoms with Crippen LogP contribution < -0.4 is 14.7 Å². The molecule has 8 rings (SSSR count). The third-order valence-electron chi connectivity index (χ3n) is 9.16. The van der Waals surface area contributed by atoms with E-state index < -0.39 is 0 Å². The van der Waals surface area contributed by atoms with Gasteiger partial charge in [0.15, 0.2) is 11.5 Å². The molecule has 1 aromatic carbocycles. The zero-order valence-corrected chi connectivity index (χ0v) is 25.1. The van der Waals surface area contributed by atoms with Gasteiger partial charge in [-0.15, -0.1) is 5.10 Å². The number of hydrogen-bond acceptors (Lipinski definition) is 10. The van der Waals surface area contributed by atoms with Gasteiger partial charge in [-0.3, -0.25) is 0 Å². The van der Waals surface area contributed by atoms with Crippen molar-refractivity contribution < 1.29 is 4.74 Å².